The summed E-state index contributed by atoms with van der Waals surface area (Å²) >= 11 is 0. The summed E-state index contributed by atoms with van der Waals surface area (Å²) in [6.07, 6.45) is -13.4. The van der Waals surface area contributed by atoms with Crippen LogP contribution in [0, 0.1) is 17.2 Å². The first kappa shape index (κ1) is 13.0. The van der Waals surface area contributed by atoms with Gasteiger partial charge in [-0.1, -0.05) is 13.8 Å². The first-order chi connectivity index (χ1) is 7.86. The lowest BCUT2D eigenvalue weighted by Gasteiger charge is -2.43. The highest BCUT2D eigenvalue weighted by Crippen LogP contribution is 2.59. The van der Waals surface area contributed by atoms with Gasteiger partial charge in [-0.25, -0.2) is 0 Å². The van der Waals surface area contributed by atoms with Crippen molar-refractivity contribution in [2.75, 3.05) is 0 Å². The summed E-state index contributed by atoms with van der Waals surface area (Å²) < 4.78 is 84.5. The van der Waals surface area contributed by atoms with Crippen LogP contribution < -0.4 is 0 Å². The lowest BCUT2D eigenvalue weighted by Crippen LogP contribution is -2.52. The number of rotatable bonds is 1. The average molecular weight is 263 g/mol. The fourth-order valence-corrected chi connectivity index (χ4v) is 2.30. The van der Waals surface area contributed by atoms with Crippen LogP contribution in [0.25, 0.3) is 0 Å². The fraction of sp³-hybridized carbons (Fsp3) is 1.00. The van der Waals surface area contributed by atoms with Gasteiger partial charge in [0, 0.05) is 1.37 Å². The van der Waals surface area contributed by atoms with Crippen molar-refractivity contribution < 1.29 is 27.7 Å². The Hall–Kier alpha value is -0.420. The zero-order valence-electron chi connectivity index (χ0n) is 10.7. The van der Waals surface area contributed by atoms with Gasteiger partial charge in [-0.3, -0.25) is 0 Å². The van der Waals surface area contributed by atoms with Gasteiger partial charge < -0.3 is 0 Å². The van der Waals surface area contributed by atoms with Crippen LogP contribution in [0.1, 0.15) is 40.9 Å². The van der Waals surface area contributed by atoms with E-state index < -0.39 is 36.5 Å². The Morgan fingerprint density at radius 1 is 1.00 bits per heavy atom. The molecule has 1 fully saturated rings. The largest absolute Gasteiger partial charge is 0.403 e. The van der Waals surface area contributed by atoms with E-state index in [1.54, 1.807) is 13.8 Å². The molecule has 0 amide bonds. The first-order valence-corrected chi connectivity index (χ1v) is 5.49. The second-order valence-electron chi connectivity index (χ2n) is 4.89. The summed E-state index contributed by atoms with van der Waals surface area (Å²) in [6.45, 7) is 3.31. The molecule has 0 atom stereocenters. The molecule has 0 aromatic rings. The third-order valence-corrected chi connectivity index (χ3v) is 3.65. The van der Waals surface area contributed by atoms with Crippen molar-refractivity contribution in [2.45, 2.75) is 51.9 Å². The molecule has 0 N–H and O–H groups in total. The zero-order valence-corrected chi connectivity index (χ0v) is 9.67. The third-order valence-electron chi connectivity index (χ3n) is 3.65. The van der Waals surface area contributed by atoms with Crippen LogP contribution >= 0.6 is 0 Å². The summed E-state index contributed by atoms with van der Waals surface area (Å²) in [6, 6.07) is 0. The SMILES string of the molecule is [2H]C1(C(C)C)CCC(C(F)(F)F)(C(F)(F)F)CC1. The minimum absolute atomic E-state index is 0.253. The van der Waals surface area contributed by atoms with Gasteiger partial charge in [-0.2, -0.15) is 26.3 Å². The van der Waals surface area contributed by atoms with E-state index in [0.29, 0.717) is 0 Å². The minimum atomic E-state index is -5.30. The van der Waals surface area contributed by atoms with Gasteiger partial charge in [0.15, 0.2) is 5.41 Å². The van der Waals surface area contributed by atoms with Crippen LogP contribution in [0.4, 0.5) is 26.3 Å². The Morgan fingerprint density at radius 2 is 1.35 bits per heavy atom. The molecule has 1 aliphatic carbocycles. The van der Waals surface area contributed by atoms with E-state index in [0.717, 1.165) is 0 Å². The van der Waals surface area contributed by atoms with E-state index in [-0.39, 0.29) is 18.8 Å². The van der Waals surface area contributed by atoms with Crippen molar-refractivity contribution in [3.63, 3.8) is 0 Å². The van der Waals surface area contributed by atoms with Crippen molar-refractivity contribution in [3.8, 4) is 0 Å². The summed E-state index contributed by atoms with van der Waals surface area (Å²) in [7, 11) is 0. The Labute approximate surface area is 97.8 Å². The molecular formula is C11H16F6. The molecule has 0 nitrogen and oxygen atoms in total. The van der Waals surface area contributed by atoms with Crippen LogP contribution in [-0.4, -0.2) is 12.4 Å². The van der Waals surface area contributed by atoms with E-state index in [9.17, 15) is 26.3 Å². The summed E-state index contributed by atoms with van der Waals surface area (Å²) in [5.41, 5.74) is -3.63. The van der Waals surface area contributed by atoms with Crippen LogP contribution in [-0.2, 0) is 0 Å². The second-order valence-corrected chi connectivity index (χ2v) is 4.89. The molecular weight excluding hydrogens is 246 g/mol. The highest BCUT2D eigenvalue weighted by atomic mass is 19.4. The molecule has 0 bridgehead atoms. The van der Waals surface area contributed by atoms with E-state index in [4.69, 9.17) is 1.37 Å². The molecule has 0 spiro atoms. The molecule has 0 saturated heterocycles. The number of hydrogen-bond donors (Lipinski definition) is 0. The molecule has 1 saturated carbocycles. The topological polar surface area (TPSA) is 0 Å². The van der Waals surface area contributed by atoms with Crippen LogP contribution in [0.2, 0.25) is 0 Å². The highest BCUT2D eigenvalue weighted by molar-refractivity contribution is 4.97. The third kappa shape index (κ3) is 2.55. The standard InChI is InChI=1S/C11H16F6/c1-7(2)8-3-5-9(6-4-8,10(12,13)14)11(15,16)17/h7-8H,3-6H2,1-2H3/i8D. The number of alkyl halides is 6. The molecule has 1 rings (SSSR count). The minimum Gasteiger partial charge on any atom is -0.170 e. The summed E-state index contributed by atoms with van der Waals surface area (Å²) in [5, 5.41) is 0. The summed E-state index contributed by atoms with van der Waals surface area (Å²) in [4.78, 5) is 0. The predicted molar refractivity (Wildman–Crippen MR) is 51.3 cm³/mol. The Morgan fingerprint density at radius 3 is 1.59 bits per heavy atom. The molecule has 0 aliphatic heterocycles. The van der Waals surface area contributed by atoms with E-state index in [1.807, 2.05) is 0 Å². The molecule has 0 heterocycles. The Bertz CT molecular complexity index is 280. The van der Waals surface area contributed by atoms with Crippen molar-refractivity contribution in [3.05, 3.63) is 0 Å². The average Bonchev–Trinajstić information content (AvgIpc) is 2.14. The van der Waals surface area contributed by atoms with Crippen LogP contribution in [0.15, 0.2) is 0 Å². The second kappa shape index (κ2) is 4.35. The van der Waals surface area contributed by atoms with Gasteiger partial charge in [0.05, 0.1) is 0 Å². The van der Waals surface area contributed by atoms with E-state index in [1.165, 1.54) is 0 Å². The first-order valence-electron chi connectivity index (χ1n) is 5.99. The molecule has 1 aliphatic rings. The number of halogens is 6. The zero-order chi connectivity index (χ0) is 14.4. The van der Waals surface area contributed by atoms with Gasteiger partial charge in [0.2, 0.25) is 0 Å². The summed E-state index contributed by atoms with van der Waals surface area (Å²) in [5.74, 6) is -1.43. The van der Waals surface area contributed by atoms with Gasteiger partial charge in [0.25, 0.3) is 0 Å². The molecule has 6 heteroatoms. The van der Waals surface area contributed by atoms with Gasteiger partial charge in [-0.15, -0.1) is 0 Å². The van der Waals surface area contributed by atoms with Crippen molar-refractivity contribution in [1.29, 1.82) is 0 Å². The lowest BCUT2D eigenvalue weighted by atomic mass is 9.67. The maximum Gasteiger partial charge on any atom is 0.403 e. The molecule has 0 radical (unpaired) electrons. The maximum atomic E-state index is 12.8. The van der Waals surface area contributed by atoms with E-state index in [2.05, 4.69) is 0 Å². The smallest absolute Gasteiger partial charge is 0.170 e. The highest BCUT2D eigenvalue weighted by Gasteiger charge is 2.70. The van der Waals surface area contributed by atoms with E-state index >= 15 is 0 Å². The van der Waals surface area contributed by atoms with Crippen molar-refractivity contribution >= 4 is 0 Å². The monoisotopic (exact) mass is 263 g/mol. The maximum absolute atomic E-state index is 12.8. The van der Waals surface area contributed by atoms with Crippen molar-refractivity contribution in [1.82, 2.24) is 0 Å². The van der Waals surface area contributed by atoms with Gasteiger partial charge >= 0.3 is 12.4 Å². The number of hydrogen-bond acceptors (Lipinski definition) is 0. The normalized spacial score (nSPS) is 25.8. The van der Waals surface area contributed by atoms with Gasteiger partial charge in [-0.05, 0) is 37.5 Å². The molecule has 102 valence electrons. The van der Waals surface area contributed by atoms with Crippen molar-refractivity contribution in [2.24, 2.45) is 17.2 Å². The Balaban J connectivity index is 3.02. The van der Waals surface area contributed by atoms with Gasteiger partial charge in [0.1, 0.15) is 0 Å². The molecule has 17 heavy (non-hydrogen) atoms. The van der Waals surface area contributed by atoms with Crippen LogP contribution in [0.5, 0.6) is 0 Å². The molecule has 0 aromatic carbocycles. The fourth-order valence-electron chi connectivity index (χ4n) is 2.30. The molecule has 0 aromatic heterocycles. The van der Waals surface area contributed by atoms with Crippen LogP contribution in [0.3, 0.4) is 0 Å². The predicted octanol–water partition coefficient (Wildman–Crippen LogP) is 4.94. The lowest BCUT2D eigenvalue weighted by molar-refractivity contribution is -0.351. The quantitative estimate of drug-likeness (QED) is 0.587. The molecule has 0 unspecified atom stereocenters. The Kier molecular flexibility index (Phi) is 3.34.